The highest BCUT2D eigenvalue weighted by Crippen LogP contribution is 2.35. The number of aryl methyl sites for hydroxylation is 1. The van der Waals surface area contributed by atoms with Gasteiger partial charge < -0.3 is 4.90 Å². The van der Waals surface area contributed by atoms with Crippen molar-refractivity contribution in [2.24, 2.45) is 0 Å². The van der Waals surface area contributed by atoms with Gasteiger partial charge in [-0.1, -0.05) is 29.5 Å². The first kappa shape index (κ1) is 13.2. The molecular weight excluding hydrogens is 272 g/mol. The minimum absolute atomic E-state index is 0.00637. The first-order valence-electron chi connectivity index (χ1n) is 6.47. The van der Waals surface area contributed by atoms with Gasteiger partial charge in [0.2, 0.25) is 5.91 Å². The van der Waals surface area contributed by atoms with E-state index < -0.39 is 0 Å². The molecular formula is C14H16N4OS. The van der Waals surface area contributed by atoms with Gasteiger partial charge in [-0.25, -0.2) is 4.68 Å². The lowest BCUT2D eigenvalue weighted by molar-refractivity contribution is -0.126. The highest BCUT2D eigenvalue weighted by Gasteiger charge is 2.31. The quantitative estimate of drug-likeness (QED) is 0.865. The van der Waals surface area contributed by atoms with E-state index in [4.69, 9.17) is 0 Å². The second kappa shape index (κ2) is 5.28. The van der Waals surface area contributed by atoms with E-state index in [0.717, 1.165) is 5.69 Å². The number of carbonyl (C=O) groups excluding carboxylic acids is 1. The van der Waals surface area contributed by atoms with Gasteiger partial charge in [0.05, 0.1) is 18.5 Å². The van der Waals surface area contributed by atoms with Crippen LogP contribution in [0.1, 0.15) is 22.2 Å². The van der Waals surface area contributed by atoms with Gasteiger partial charge in [0.1, 0.15) is 11.1 Å². The van der Waals surface area contributed by atoms with Crippen LogP contribution in [-0.4, -0.2) is 38.6 Å². The predicted octanol–water partition coefficient (Wildman–Crippen LogP) is 1.84. The van der Waals surface area contributed by atoms with Crippen molar-refractivity contribution >= 4 is 17.7 Å². The number of rotatable bonds is 3. The molecule has 0 spiro atoms. The SMILES string of the molecule is Cc1ccccc1Cn1cc([C@H]2SCC(=O)N2C)nn1. The van der Waals surface area contributed by atoms with Crippen molar-refractivity contribution in [3.63, 3.8) is 0 Å². The zero-order valence-corrected chi connectivity index (χ0v) is 12.3. The average molecular weight is 288 g/mol. The normalized spacial score (nSPS) is 18.8. The van der Waals surface area contributed by atoms with Gasteiger partial charge in [0.25, 0.3) is 0 Å². The first-order valence-corrected chi connectivity index (χ1v) is 7.52. The van der Waals surface area contributed by atoms with E-state index in [9.17, 15) is 4.79 Å². The number of aromatic nitrogens is 3. The summed E-state index contributed by atoms with van der Waals surface area (Å²) in [7, 11) is 1.81. The van der Waals surface area contributed by atoms with Crippen LogP contribution in [-0.2, 0) is 11.3 Å². The lowest BCUT2D eigenvalue weighted by Crippen LogP contribution is -2.23. The van der Waals surface area contributed by atoms with E-state index in [1.807, 2.05) is 30.1 Å². The van der Waals surface area contributed by atoms with Crippen LogP contribution in [0.2, 0.25) is 0 Å². The van der Waals surface area contributed by atoms with Gasteiger partial charge in [-0.3, -0.25) is 4.79 Å². The number of nitrogens with zero attached hydrogens (tertiary/aromatic N) is 4. The molecule has 0 N–H and O–H groups in total. The summed E-state index contributed by atoms with van der Waals surface area (Å²) in [4.78, 5) is 13.3. The molecule has 1 fully saturated rings. The second-order valence-electron chi connectivity index (χ2n) is 4.94. The summed E-state index contributed by atoms with van der Waals surface area (Å²) in [6.45, 7) is 2.79. The summed E-state index contributed by atoms with van der Waals surface area (Å²) in [5.41, 5.74) is 3.32. The molecule has 1 amide bonds. The van der Waals surface area contributed by atoms with E-state index in [2.05, 4.69) is 29.4 Å². The summed E-state index contributed by atoms with van der Waals surface area (Å²) in [5.74, 6) is 0.666. The molecule has 3 rings (SSSR count). The molecule has 2 heterocycles. The molecule has 1 aliphatic heterocycles. The van der Waals surface area contributed by atoms with Crippen molar-refractivity contribution in [1.82, 2.24) is 19.9 Å². The molecule has 104 valence electrons. The lowest BCUT2D eigenvalue weighted by Gasteiger charge is -2.15. The minimum atomic E-state index is -0.00637. The molecule has 0 unspecified atom stereocenters. The maximum absolute atomic E-state index is 11.6. The monoisotopic (exact) mass is 288 g/mol. The summed E-state index contributed by atoms with van der Waals surface area (Å²) >= 11 is 1.60. The highest BCUT2D eigenvalue weighted by atomic mass is 32.2. The fraction of sp³-hybridized carbons (Fsp3) is 0.357. The Labute approximate surface area is 122 Å². The third-order valence-electron chi connectivity index (χ3n) is 3.51. The summed E-state index contributed by atoms with van der Waals surface area (Å²) in [6.07, 6.45) is 1.93. The van der Waals surface area contributed by atoms with E-state index in [-0.39, 0.29) is 11.3 Å². The van der Waals surface area contributed by atoms with Gasteiger partial charge in [-0.05, 0) is 18.1 Å². The Morgan fingerprint density at radius 2 is 2.20 bits per heavy atom. The van der Waals surface area contributed by atoms with E-state index in [1.54, 1.807) is 16.7 Å². The molecule has 6 heteroatoms. The Bertz CT molecular complexity index is 640. The van der Waals surface area contributed by atoms with E-state index in [0.29, 0.717) is 12.3 Å². The molecule has 0 aliphatic carbocycles. The van der Waals surface area contributed by atoms with Crippen molar-refractivity contribution in [2.75, 3.05) is 12.8 Å². The Morgan fingerprint density at radius 3 is 2.90 bits per heavy atom. The summed E-state index contributed by atoms with van der Waals surface area (Å²) in [5, 5.41) is 8.37. The van der Waals surface area contributed by atoms with Gasteiger partial charge >= 0.3 is 0 Å². The van der Waals surface area contributed by atoms with Crippen molar-refractivity contribution in [2.45, 2.75) is 18.8 Å². The molecule has 1 saturated heterocycles. The number of amides is 1. The first-order chi connectivity index (χ1) is 9.65. The van der Waals surface area contributed by atoms with Crippen LogP contribution >= 0.6 is 11.8 Å². The topological polar surface area (TPSA) is 51.0 Å². The smallest absolute Gasteiger partial charge is 0.233 e. The van der Waals surface area contributed by atoms with Crippen LogP contribution in [0.15, 0.2) is 30.5 Å². The number of thioether (sulfide) groups is 1. The third-order valence-corrected chi connectivity index (χ3v) is 4.80. The lowest BCUT2D eigenvalue weighted by atomic mass is 10.1. The Hall–Kier alpha value is -1.82. The van der Waals surface area contributed by atoms with Crippen molar-refractivity contribution < 1.29 is 4.79 Å². The molecule has 0 radical (unpaired) electrons. The minimum Gasteiger partial charge on any atom is -0.327 e. The average Bonchev–Trinajstić information content (AvgIpc) is 3.01. The zero-order valence-electron chi connectivity index (χ0n) is 11.5. The van der Waals surface area contributed by atoms with E-state index in [1.165, 1.54) is 11.1 Å². The zero-order chi connectivity index (χ0) is 14.1. The molecule has 5 nitrogen and oxygen atoms in total. The number of benzene rings is 1. The largest absolute Gasteiger partial charge is 0.327 e. The van der Waals surface area contributed by atoms with Gasteiger partial charge in [0.15, 0.2) is 0 Å². The summed E-state index contributed by atoms with van der Waals surface area (Å²) in [6, 6.07) is 8.24. The van der Waals surface area contributed by atoms with Crippen LogP contribution in [0.25, 0.3) is 0 Å². The van der Waals surface area contributed by atoms with Crippen LogP contribution in [0.3, 0.4) is 0 Å². The second-order valence-corrected chi connectivity index (χ2v) is 6.00. The molecule has 1 aromatic heterocycles. The van der Waals surface area contributed by atoms with Gasteiger partial charge in [-0.2, -0.15) is 0 Å². The van der Waals surface area contributed by atoms with Crippen molar-refractivity contribution in [3.8, 4) is 0 Å². The maximum atomic E-state index is 11.6. The van der Waals surface area contributed by atoms with Crippen LogP contribution < -0.4 is 0 Å². The van der Waals surface area contributed by atoms with Crippen molar-refractivity contribution in [3.05, 3.63) is 47.3 Å². The Balaban J connectivity index is 1.78. The number of hydrogen-bond donors (Lipinski definition) is 0. The molecule has 1 aromatic carbocycles. The van der Waals surface area contributed by atoms with E-state index >= 15 is 0 Å². The summed E-state index contributed by atoms with van der Waals surface area (Å²) < 4.78 is 1.83. The Kier molecular flexibility index (Phi) is 3.48. The maximum Gasteiger partial charge on any atom is 0.233 e. The Morgan fingerprint density at radius 1 is 1.40 bits per heavy atom. The molecule has 0 saturated carbocycles. The van der Waals surface area contributed by atoms with Crippen LogP contribution in [0, 0.1) is 6.92 Å². The molecule has 20 heavy (non-hydrogen) atoms. The van der Waals surface area contributed by atoms with Gasteiger partial charge in [-0.15, -0.1) is 16.9 Å². The predicted molar refractivity (Wildman–Crippen MR) is 78.3 cm³/mol. The highest BCUT2D eigenvalue weighted by molar-refractivity contribution is 8.00. The molecule has 0 bridgehead atoms. The van der Waals surface area contributed by atoms with Crippen LogP contribution in [0.4, 0.5) is 0 Å². The molecule has 1 aliphatic rings. The number of hydrogen-bond acceptors (Lipinski definition) is 4. The molecule has 2 aromatic rings. The third kappa shape index (κ3) is 2.43. The number of carbonyl (C=O) groups is 1. The molecule has 1 atom stereocenters. The van der Waals surface area contributed by atoms with Gasteiger partial charge in [0, 0.05) is 7.05 Å². The fourth-order valence-electron chi connectivity index (χ4n) is 2.24. The standard InChI is InChI=1S/C14H16N4OS/c1-10-5-3-4-6-11(10)7-18-8-12(15-16-18)14-17(2)13(19)9-20-14/h3-6,8,14H,7,9H2,1-2H3/t14-/m1/s1. The van der Waals surface area contributed by atoms with Crippen LogP contribution in [0.5, 0.6) is 0 Å². The fourth-order valence-corrected chi connectivity index (χ4v) is 3.37. The van der Waals surface area contributed by atoms with Crippen molar-refractivity contribution in [1.29, 1.82) is 0 Å².